The Morgan fingerprint density at radius 3 is 2.86 bits per heavy atom. The summed E-state index contributed by atoms with van der Waals surface area (Å²) in [6.45, 7) is 0. The van der Waals surface area contributed by atoms with Gasteiger partial charge in [0.15, 0.2) is 5.52 Å². The van der Waals surface area contributed by atoms with E-state index in [1.807, 2.05) is 18.2 Å². The van der Waals surface area contributed by atoms with Gasteiger partial charge in [-0.15, -0.1) is 5.10 Å². The summed E-state index contributed by atoms with van der Waals surface area (Å²) in [6.07, 6.45) is 1.42. The molecule has 0 spiro atoms. The monoisotopic (exact) mass is 297 g/mol. The molecule has 0 saturated carbocycles. The maximum atomic E-state index is 5.42. The zero-order valence-electron chi connectivity index (χ0n) is 11.8. The van der Waals surface area contributed by atoms with E-state index in [2.05, 4.69) is 30.5 Å². The first-order valence-corrected chi connectivity index (χ1v) is 6.44. The molecule has 9 heteroatoms. The van der Waals surface area contributed by atoms with E-state index < -0.39 is 0 Å². The number of rotatable bonds is 3. The van der Waals surface area contributed by atoms with Gasteiger partial charge in [-0.25, -0.2) is 4.98 Å². The number of methoxy groups -OCH3 is 2. The lowest BCUT2D eigenvalue weighted by molar-refractivity contribution is 0.404. The van der Waals surface area contributed by atoms with Crippen molar-refractivity contribution in [3.8, 4) is 22.8 Å². The van der Waals surface area contributed by atoms with E-state index >= 15 is 0 Å². The fraction of sp³-hybridized carbons (Fsp3) is 0.154. The van der Waals surface area contributed by atoms with E-state index in [0.717, 1.165) is 5.56 Å². The summed E-state index contributed by atoms with van der Waals surface area (Å²) in [5.74, 6) is 1.78. The molecule has 0 unspecified atom stereocenters. The number of ether oxygens (including phenoxy) is 2. The summed E-state index contributed by atoms with van der Waals surface area (Å²) in [4.78, 5) is 8.64. The third kappa shape index (κ3) is 1.68. The second kappa shape index (κ2) is 4.65. The van der Waals surface area contributed by atoms with Crippen LogP contribution >= 0.6 is 0 Å². The van der Waals surface area contributed by atoms with E-state index in [1.54, 1.807) is 14.2 Å². The van der Waals surface area contributed by atoms with Gasteiger partial charge in [-0.2, -0.15) is 24.9 Å². The number of aromatic amines is 1. The summed E-state index contributed by atoms with van der Waals surface area (Å²) in [5.41, 5.74) is 2.46. The summed E-state index contributed by atoms with van der Waals surface area (Å²) in [5, 5.41) is 15.0. The van der Waals surface area contributed by atoms with Gasteiger partial charge in [0, 0.05) is 5.56 Å². The third-order valence-electron chi connectivity index (χ3n) is 3.36. The Kier molecular flexibility index (Phi) is 2.65. The predicted octanol–water partition coefficient (Wildman–Crippen LogP) is 1.08. The average molecular weight is 297 g/mol. The van der Waals surface area contributed by atoms with Gasteiger partial charge in [0.2, 0.25) is 5.65 Å². The molecule has 0 fully saturated rings. The van der Waals surface area contributed by atoms with Gasteiger partial charge in [-0.3, -0.25) is 0 Å². The summed E-state index contributed by atoms with van der Waals surface area (Å²) >= 11 is 0. The van der Waals surface area contributed by atoms with Gasteiger partial charge in [0.1, 0.15) is 23.5 Å². The zero-order valence-corrected chi connectivity index (χ0v) is 11.8. The third-order valence-corrected chi connectivity index (χ3v) is 3.36. The van der Waals surface area contributed by atoms with Crippen LogP contribution < -0.4 is 9.47 Å². The van der Waals surface area contributed by atoms with Crippen LogP contribution in [-0.2, 0) is 0 Å². The molecule has 4 aromatic rings. The molecular weight excluding hydrogens is 286 g/mol. The standard InChI is InChI=1S/C13H11N7O2/c1-21-7-3-4-9(22-2)8(5-7)10-11-12(18-19-17-11)20-13(16-10)14-6-15-20/h3-6H,1-2H3,(H,17,18,19). The maximum Gasteiger partial charge on any atom is 0.254 e. The molecule has 0 aliphatic rings. The highest BCUT2D eigenvalue weighted by atomic mass is 16.5. The highest BCUT2D eigenvalue weighted by Crippen LogP contribution is 2.35. The van der Waals surface area contributed by atoms with Crippen molar-refractivity contribution >= 4 is 16.9 Å². The molecule has 0 aliphatic heterocycles. The van der Waals surface area contributed by atoms with Crippen molar-refractivity contribution in [1.29, 1.82) is 0 Å². The molecule has 110 valence electrons. The number of nitrogens with one attached hydrogen (secondary N) is 1. The Morgan fingerprint density at radius 1 is 1.14 bits per heavy atom. The molecule has 0 bridgehead atoms. The molecule has 1 N–H and O–H groups in total. The molecule has 3 aromatic heterocycles. The highest BCUT2D eigenvalue weighted by Gasteiger charge is 2.18. The van der Waals surface area contributed by atoms with Gasteiger partial charge < -0.3 is 9.47 Å². The minimum absolute atomic E-state index is 0.432. The van der Waals surface area contributed by atoms with Gasteiger partial charge in [-0.05, 0) is 18.2 Å². The van der Waals surface area contributed by atoms with Crippen LogP contribution in [0.15, 0.2) is 24.5 Å². The van der Waals surface area contributed by atoms with Crippen LogP contribution in [0.5, 0.6) is 11.5 Å². The number of H-pyrrole nitrogens is 1. The largest absolute Gasteiger partial charge is 0.497 e. The van der Waals surface area contributed by atoms with Crippen molar-refractivity contribution in [2.24, 2.45) is 0 Å². The topological polar surface area (TPSA) is 103 Å². The quantitative estimate of drug-likeness (QED) is 0.603. The van der Waals surface area contributed by atoms with E-state index in [4.69, 9.17) is 9.47 Å². The first kappa shape index (κ1) is 12.5. The smallest absolute Gasteiger partial charge is 0.254 e. The molecule has 0 atom stereocenters. The second-order valence-electron chi connectivity index (χ2n) is 4.49. The van der Waals surface area contributed by atoms with Gasteiger partial charge in [0.25, 0.3) is 5.78 Å². The lowest BCUT2D eigenvalue weighted by atomic mass is 10.1. The lowest BCUT2D eigenvalue weighted by Crippen LogP contribution is -1.98. The fourth-order valence-corrected chi connectivity index (χ4v) is 2.33. The normalized spacial score (nSPS) is 11.2. The number of hydrogen-bond acceptors (Lipinski definition) is 7. The highest BCUT2D eigenvalue weighted by molar-refractivity contribution is 5.90. The van der Waals surface area contributed by atoms with Crippen molar-refractivity contribution < 1.29 is 9.47 Å². The van der Waals surface area contributed by atoms with Gasteiger partial charge in [0.05, 0.1) is 14.2 Å². The van der Waals surface area contributed by atoms with E-state index in [9.17, 15) is 0 Å². The van der Waals surface area contributed by atoms with Crippen LogP contribution in [0.25, 0.3) is 28.2 Å². The van der Waals surface area contributed by atoms with Crippen molar-refractivity contribution in [1.82, 2.24) is 35.0 Å². The molecule has 3 heterocycles. The average Bonchev–Trinajstić information content (AvgIpc) is 3.21. The minimum Gasteiger partial charge on any atom is -0.497 e. The van der Waals surface area contributed by atoms with Crippen molar-refractivity contribution in [2.75, 3.05) is 14.2 Å². The molecule has 0 saturated heterocycles. The Bertz CT molecular complexity index is 975. The number of aromatic nitrogens is 7. The number of benzene rings is 1. The molecule has 0 amide bonds. The van der Waals surface area contributed by atoms with Crippen molar-refractivity contribution in [3.63, 3.8) is 0 Å². The minimum atomic E-state index is 0.432. The van der Waals surface area contributed by atoms with Crippen LogP contribution in [0.4, 0.5) is 0 Å². The van der Waals surface area contributed by atoms with Crippen LogP contribution in [0.1, 0.15) is 0 Å². The van der Waals surface area contributed by atoms with E-state index in [1.165, 1.54) is 10.8 Å². The van der Waals surface area contributed by atoms with Crippen LogP contribution in [0.3, 0.4) is 0 Å². The number of fused-ring (bicyclic) bond motifs is 3. The number of hydrogen-bond donors (Lipinski definition) is 1. The van der Waals surface area contributed by atoms with Crippen LogP contribution in [0, 0.1) is 0 Å². The molecule has 4 rings (SSSR count). The SMILES string of the molecule is COc1ccc(OC)c(-c2nc3ncnn3c3n[nH]nc23)c1. The summed E-state index contributed by atoms with van der Waals surface area (Å²) in [6, 6.07) is 5.47. The number of nitrogens with zero attached hydrogens (tertiary/aromatic N) is 6. The van der Waals surface area contributed by atoms with Crippen LogP contribution in [0.2, 0.25) is 0 Å². The van der Waals surface area contributed by atoms with Crippen molar-refractivity contribution in [3.05, 3.63) is 24.5 Å². The predicted molar refractivity (Wildman–Crippen MR) is 76.8 cm³/mol. The Labute approximate surface area is 123 Å². The molecular formula is C13H11N7O2. The van der Waals surface area contributed by atoms with Crippen LogP contribution in [-0.4, -0.2) is 49.2 Å². The van der Waals surface area contributed by atoms with E-state index in [-0.39, 0.29) is 0 Å². The maximum absolute atomic E-state index is 5.42. The molecule has 9 nitrogen and oxygen atoms in total. The summed E-state index contributed by atoms with van der Waals surface area (Å²) in [7, 11) is 3.20. The Hall–Kier alpha value is -3.23. The first-order valence-electron chi connectivity index (χ1n) is 6.44. The fourth-order valence-electron chi connectivity index (χ4n) is 2.33. The lowest BCUT2D eigenvalue weighted by Gasteiger charge is -2.10. The molecule has 0 aliphatic carbocycles. The first-order chi connectivity index (χ1) is 10.8. The van der Waals surface area contributed by atoms with E-state index in [0.29, 0.717) is 34.1 Å². The molecule has 1 aromatic carbocycles. The zero-order chi connectivity index (χ0) is 15.1. The van der Waals surface area contributed by atoms with Crippen molar-refractivity contribution in [2.45, 2.75) is 0 Å². The molecule has 22 heavy (non-hydrogen) atoms. The Morgan fingerprint density at radius 2 is 2.05 bits per heavy atom. The van der Waals surface area contributed by atoms with Gasteiger partial charge >= 0.3 is 0 Å². The molecule has 0 radical (unpaired) electrons. The Balaban J connectivity index is 2.09. The second-order valence-corrected chi connectivity index (χ2v) is 4.49. The van der Waals surface area contributed by atoms with Gasteiger partial charge in [-0.1, -0.05) is 0 Å². The summed E-state index contributed by atoms with van der Waals surface area (Å²) < 4.78 is 12.2.